The van der Waals surface area contributed by atoms with Crippen molar-refractivity contribution in [2.75, 3.05) is 27.2 Å². The van der Waals surface area contributed by atoms with E-state index in [9.17, 15) is 58.5 Å². The number of benzene rings is 2. The highest BCUT2D eigenvalue weighted by atomic mass is 16.3. The first kappa shape index (κ1) is 56.4. The number of carbonyl (C=O) groups excluding carboxylic acids is 9. The molecule has 3 rings (SSSR count). The molecule has 17 nitrogen and oxygen atoms in total. The molecule has 0 saturated heterocycles. The van der Waals surface area contributed by atoms with E-state index in [1.54, 1.807) is 6.92 Å². The van der Waals surface area contributed by atoms with Crippen molar-refractivity contribution in [2.24, 2.45) is 5.92 Å². The molecule has 0 aliphatic carbocycles. The van der Waals surface area contributed by atoms with Crippen molar-refractivity contribution >= 4 is 53.2 Å². The van der Waals surface area contributed by atoms with Crippen LogP contribution >= 0.6 is 0 Å². The molecule has 0 unspecified atom stereocenters. The van der Waals surface area contributed by atoms with Gasteiger partial charge in [-0.1, -0.05) is 83.3 Å². The van der Waals surface area contributed by atoms with E-state index in [2.05, 4.69) is 16.0 Å². The average molecular weight is 948 g/mol. The van der Waals surface area contributed by atoms with E-state index >= 15 is 0 Å². The van der Waals surface area contributed by atoms with Crippen LogP contribution in [0.4, 0.5) is 0 Å². The zero-order valence-corrected chi connectivity index (χ0v) is 40.5. The van der Waals surface area contributed by atoms with Crippen LogP contribution in [0, 0.1) is 5.92 Å². The highest BCUT2D eigenvalue weighted by Gasteiger charge is 2.34. The summed E-state index contributed by atoms with van der Waals surface area (Å²) in [5.74, 6) is -5.33. The first-order valence-electron chi connectivity index (χ1n) is 24.0. The number of amides is 5. The normalized spacial score (nSPS) is 16.9. The monoisotopic (exact) mass is 948 g/mol. The van der Waals surface area contributed by atoms with E-state index in [1.807, 2.05) is 0 Å². The van der Waals surface area contributed by atoms with Crippen molar-refractivity contribution < 1.29 is 58.5 Å². The molecule has 0 aromatic heterocycles. The molecule has 1 aliphatic heterocycles. The summed E-state index contributed by atoms with van der Waals surface area (Å²) in [6, 6.07) is 3.75. The van der Waals surface area contributed by atoms with Crippen LogP contribution in [0.1, 0.15) is 147 Å². The van der Waals surface area contributed by atoms with E-state index in [0.29, 0.717) is 24.7 Å². The van der Waals surface area contributed by atoms with Crippen LogP contribution in [0.5, 0.6) is 11.5 Å². The van der Waals surface area contributed by atoms with Gasteiger partial charge in [-0.25, -0.2) is 0 Å². The van der Waals surface area contributed by atoms with Gasteiger partial charge >= 0.3 is 0 Å². The molecule has 4 bridgehead atoms. The van der Waals surface area contributed by atoms with Gasteiger partial charge in [0.15, 0.2) is 11.6 Å². The quantitative estimate of drug-likeness (QED) is 0.0515. The lowest BCUT2D eigenvalue weighted by molar-refractivity contribution is -0.142. The number of hydrogen-bond acceptors (Lipinski definition) is 12. The van der Waals surface area contributed by atoms with Crippen molar-refractivity contribution in [3.8, 4) is 22.6 Å². The highest BCUT2D eigenvalue weighted by molar-refractivity contribution is 5.97. The average Bonchev–Trinajstić information content (AvgIpc) is 3.30. The van der Waals surface area contributed by atoms with Crippen LogP contribution < -0.4 is 16.0 Å². The molecule has 0 saturated carbocycles. The van der Waals surface area contributed by atoms with Crippen LogP contribution in [0.25, 0.3) is 11.1 Å². The standard InChI is InChI=1S/C51H73N5O12/c1-33-28-45(63)48(37-21-23-44(62)39(31-37)38-29-36(20-22-43(38)61)30-40(54-49(33)66)50(67)52-26-27-57)56(5)47(65)25-24-42(60)35(3)53-51(68)41(32-58)55(4)46(64)19-17-15-13-11-9-7-6-8-10-12-14-16-18-34(2)59/h20-23,27,29,31,33,35,40-41,48,58,61-62H,6-19,24-26,28,30,32H2,1-5H3,(H,52,67)(H,53,68)(H,54,66)/t33-,35-,40+,41-,48+/m1/s1. The Morgan fingerprint density at radius 2 is 1.32 bits per heavy atom. The first-order chi connectivity index (χ1) is 32.4. The van der Waals surface area contributed by atoms with Gasteiger partial charge in [-0.15, -0.1) is 0 Å². The number of aromatic hydroxyl groups is 2. The van der Waals surface area contributed by atoms with Gasteiger partial charge in [0.1, 0.15) is 41.7 Å². The van der Waals surface area contributed by atoms with Gasteiger partial charge in [0, 0.05) is 69.7 Å². The summed E-state index contributed by atoms with van der Waals surface area (Å²) >= 11 is 0. The Balaban J connectivity index is 1.59. The van der Waals surface area contributed by atoms with E-state index in [0.717, 1.165) is 43.4 Å². The molecule has 1 aliphatic rings. The molecule has 2 aromatic rings. The maximum Gasteiger partial charge on any atom is 0.245 e. The topological polar surface area (TPSA) is 257 Å². The van der Waals surface area contributed by atoms with Crippen LogP contribution in [0.3, 0.4) is 0 Å². The molecule has 1 heterocycles. The molecule has 374 valence electrons. The Morgan fingerprint density at radius 3 is 1.90 bits per heavy atom. The van der Waals surface area contributed by atoms with Gasteiger partial charge in [-0.2, -0.15) is 0 Å². The minimum atomic E-state index is -1.33. The summed E-state index contributed by atoms with van der Waals surface area (Å²) in [6.07, 6.45) is 12.9. The van der Waals surface area contributed by atoms with Gasteiger partial charge in [-0.3, -0.25) is 33.6 Å². The minimum Gasteiger partial charge on any atom is -0.507 e. The summed E-state index contributed by atoms with van der Waals surface area (Å²) in [4.78, 5) is 118. The van der Waals surface area contributed by atoms with Crippen LogP contribution in [0.15, 0.2) is 36.4 Å². The SMILES string of the molecule is CC(=O)CCCCCCCCCCCCCCC(=O)N(C)[C@H](CO)C(=O)N[C@H](C)C(=O)CCC(=O)N(C)[C@@H]1C(=O)C[C@@H](C)C(=O)N[C@H](C(=O)NCC=O)Cc2ccc(O)c(c2)-c2cc1ccc2O. The molecule has 2 aromatic carbocycles. The molecular formula is C51H73N5O12. The number of rotatable bonds is 27. The second-order valence-corrected chi connectivity index (χ2v) is 18.1. The van der Waals surface area contributed by atoms with E-state index in [-0.39, 0.29) is 78.5 Å². The summed E-state index contributed by atoms with van der Waals surface area (Å²) in [6.45, 7) is 3.57. The number of fused-ring (bicyclic) bond motifs is 5. The fourth-order valence-corrected chi connectivity index (χ4v) is 8.33. The van der Waals surface area contributed by atoms with Crippen molar-refractivity contribution in [1.29, 1.82) is 0 Å². The molecule has 0 fully saturated rings. The second kappa shape index (κ2) is 29.0. The highest BCUT2D eigenvalue weighted by Crippen LogP contribution is 2.39. The molecule has 6 N–H and O–H groups in total. The number of nitrogens with zero attached hydrogens (tertiary/aromatic N) is 2. The number of carbonyl (C=O) groups is 9. The molecular weight excluding hydrogens is 875 g/mol. The molecule has 0 spiro atoms. The zero-order chi connectivity index (χ0) is 50.3. The number of Topliss-reactive ketones (excluding diaryl/α,β-unsaturated/α-hetero) is 3. The van der Waals surface area contributed by atoms with Gasteiger partial charge < -0.3 is 50.7 Å². The number of ketones is 3. The lowest BCUT2D eigenvalue weighted by atomic mass is 9.89. The maximum absolute atomic E-state index is 14.1. The molecule has 17 heteroatoms. The Hall–Kier alpha value is -5.97. The Bertz CT molecular complexity index is 2070. The van der Waals surface area contributed by atoms with Crippen LogP contribution in [-0.4, -0.2) is 124 Å². The summed E-state index contributed by atoms with van der Waals surface area (Å²) in [5.41, 5.74) is 0.984. The van der Waals surface area contributed by atoms with Crippen molar-refractivity contribution in [1.82, 2.24) is 25.8 Å². The van der Waals surface area contributed by atoms with Gasteiger partial charge in [0.05, 0.1) is 19.2 Å². The number of aliphatic hydroxyl groups is 1. The molecule has 5 amide bonds. The Kier molecular flexibility index (Phi) is 24.1. The van der Waals surface area contributed by atoms with E-state index in [1.165, 1.54) is 101 Å². The third-order valence-electron chi connectivity index (χ3n) is 12.6. The van der Waals surface area contributed by atoms with E-state index in [4.69, 9.17) is 0 Å². The van der Waals surface area contributed by atoms with Gasteiger partial charge in [-0.05, 0) is 62.1 Å². The smallest absolute Gasteiger partial charge is 0.245 e. The number of phenols is 2. The Labute approximate surface area is 400 Å². The van der Waals surface area contributed by atoms with Gasteiger partial charge in [0.25, 0.3) is 0 Å². The summed E-state index contributed by atoms with van der Waals surface area (Å²) in [5, 5.41) is 39.6. The number of aldehydes is 1. The van der Waals surface area contributed by atoms with E-state index < -0.39 is 71.9 Å². The fourth-order valence-electron chi connectivity index (χ4n) is 8.33. The van der Waals surface area contributed by atoms with Crippen molar-refractivity contribution in [2.45, 2.75) is 161 Å². The summed E-state index contributed by atoms with van der Waals surface area (Å²) < 4.78 is 0. The summed E-state index contributed by atoms with van der Waals surface area (Å²) in [7, 11) is 2.79. The lowest BCUT2D eigenvalue weighted by Crippen LogP contribution is -2.53. The van der Waals surface area contributed by atoms with Gasteiger partial charge in [0.2, 0.25) is 29.5 Å². The maximum atomic E-state index is 14.1. The molecule has 68 heavy (non-hydrogen) atoms. The number of likely N-dealkylation sites (N-methyl/N-ethyl adjacent to an activating group) is 2. The minimum absolute atomic E-state index is 0.0562. The number of phenolic OH excluding ortho intramolecular Hbond substituents is 2. The molecule has 5 atom stereocenters. The number of unbranched alkanes of at least 4 members (excludes halogenated alkanes) is 11. The number of nitrogens with one attached hydrogen (secondary N) is 3. The zero-order valence-electron chi connectivity index (χ0n) is 40.5. The fraction of sp³-hybridized carbons (Fsp3) is 0.588. The van der Waals surface area contributed by atoms with Crippen LogP contribution in [0.2, 0.25) is 0 Å². The largest absolute Gasteiger partial charge is 0.507 e. The third kappa shape index (κ3) is 17.9. The predicted octanol–water partition coefficient (Wildman–Crippen LogP) is 4.94. The predicted molar refractivity (Wildman–Crippen MR) is 255 cm³/mol. The van der Waals surface area contributed by atoms with Crippen LogP contribution in [-0.2, 0) is 49.6 Å². The second-order valence-electron chi connectivity index (χ2n) is 18.1. The molecule has 0 radical (unpaired) electrons. The lowest BCUT2D eigenvalue weighted by Gasteiger charge is -2.30. The number of aliphatic hydroxyl groups excluding tert-OH is 1. The Morgan fingerprint density at radius 1 is 0.765 bits per heavy atom. The first-order valence-corrected chi connectivity index (χ1v) is 24.0. The number of hydrogen-bond donors (Lipinski definition) is 6. The third-order valence-corrected chi connectivity index (χ3v) is 12.6. The van der Waals surface area contributed by atoms with Crippen molar-refractivity contribution in [3.63, 3.8) is 0 Å². The van der Waals surface area contributed by atoms with Crippen molar-refractivity contribution in [3.05, 3.63) is 47.5 Å².